The average molecular weight is 280 g/mol. The fourth-order valence-corrected chi connectivity index (χ4v) is 1.95. The van der Waals surface area contributed by atoms with Gasteiger partial charge in [0, 0.05) is 10.6 Å². The third-order valence-corrected chi connectivity index (χ3v) is 3.17. The van der Waals surface area contributed by atoms with Gasteiger partial charge in [-0.05, 0) is 37.0 Å². The van der Waals surface area contributed by atoms with Crippen LogP contribution < -0.4 is 10.5 Å². The Balaban J connectivity index is 1.83. The third kappa shape index (κ3) is 3.05. The molecule has 2 N–H and O–H groups in total. The summed E-state index contributed by atoms with van der Waals surface area (Å²) in [4.78, 5) is 4.17. The number of aromatic nitrogens is 2. The van der Waals surface area contributed by atoms with Crippen molar-refractivity contribution in [2.24, 2.45) is 11.7 Å². The molecule has 0 aliphatic heterocycles. The Hall–Kier alpha value is -1.59. The number of nitrogens with zero attached hydrogens (tertiary/aromatic N) is 2. The van der Waals surface area contributed by atoms with Crippen LogP contribution >= 0.6 is 11.6 Å². The molecule has 0 saturated heterocycles. The van der Waals surface area contributed by atoms with Crippen LogP contribution in [0.25, 0.3) is 11.4 Å². The first-order chi connectivity index (χ1) is 9.24. The summed E-state index contributed by atoms with van der Waals surface area (Å²) in [5.74, 6) is 2.29. The third-order valence-electron chi connectivity index (χ3n) is 2.95. The van der Waals surface area contributed by atoms with Crippen molar-refractivity contribution in [3.05, 3.63) is 29.1 Å². The Labute approximate surface area is 115 Å². The lowest BCUT2D eigenvalue weighted by Gasteiger charge is -2.06. The first-order valence-electron chi connectivity index (χ1n) is 6.21. The minimum atomic E-state index is 0.221. The summed E-state index contributed by atoms with van der Waals surface area (Å²) in [7, 11) is 0. The minimum absolute atomic E-state index is 0.221. The monoisotopic (exact) mass is 279 g/mol. The second kappa shape index (κ2) is 5.19. The zero-order chi connectivity index (χ0) is 13.2. The highest BCUT2D eigenvalue weighted by atomic mass is 35.5. The van der Waals surface area contributed by atoms with Gasteiger partial charge in [-0.15, -0.1) is 0 Å². The molecule has 1 saturated carbocycles. The van der Waals surface area contributed by atoms with Crippen molar-refractivity contribution in [1.29, 1.82) is 0 Å². The quantitative estimate of drug-likeness (QED) is 0.911. The summed E-state index contributed by atoms with van der Waals surface area (Å²) in [5, 5.41) is 4.45. The molecule has 1 aromatic heterocycles. The first kappa shape index (κ1) is 12.4. The fourth-order valence-electron chi connectivity index (χ4n) is 1.73. The van der Waals surface area contributed by atoms with Gasteiger partial charge in [-0.3, -0.25) is 0 Å². The van der Waals surface area contributed by atoms with Crippen LogP contribution in [0.5, 0.6) is 5.75 Å². The number of hydrogen-bond acceptors (Lipinski definition) is 5. The smallest absolute Gasteiger partial charge is 0.240 e. The molecule has 1 aliphatic carbocycles. The molecular weight excluding hydrogens is 266 g/mol. The van der Waals surface area contributed by atoms with Crippen molar-refractivity contribution in [1.82, 2.24) is 10.1 Å². The zero-order valence-electron chi connectivity index (χ0n) is 10.3. The van der Waals surface area contributed by atoms with Crippen LogP contribution in [0.2, 0.25) is 5.02 Å². The molecule has 1 fully saturated rings. The molecule has 2 aromatic rings. The van der Waals surface area contributed by atoms with E-state index in [0.717, 1.165) is 17.9 Å². The SMILES string of the molecule is NCc1nc(-c2cc(Cl)cc(OCC3CC3)c2)no1. The standard InChI is InChI=1S/C13H14ClN3O2/c14-10-3-9(13-16-12(6-15)19-17-13)4-11(5-10)18-7-8-1-2-8/h3-5,8H,1-2,6-7,15H2. The second-order valence-electron chi connectivity index (χ2n) is 4.65. The van der Waals surface area contributed by atoms with Crippen LogP contribution in [0, 0.1) is 5.92 Å². The predicted molar refractivity (Wildman–Crippen MR) is 70.9 cm³/mol. The molecule has 1 aromatic carbocycles. The average Bonchev–Trinajstić information content (AvgIpc) is 3.11. The van der Waals surface area contributed by atoms with E-state index in [2.05, 4.69) is 10.1 Å². The van der Waals surface area contributed by atoms with Crippen molar-refractivity contribution < 1.29 is 9.26 Å². The largest absolute Gasteiger partial charge is 0.493 e. The van der Waals surface area contributed by atoms with Gasteiger partial charge in [-0.1, -0.05) is 16.8 Å². The Morgan fingerprint density at radius 1 is 1.37 bits per heavy atom. The van der Waals surface area contributed by atoms with E-state index in [4.69, 9.17) is 26.6 Å². The van der Waals surface area contributed by atoms with Crippen molar-refractivity contribution in [2.45, 2.75) is 19.4 Å². The molecule has 1 heterocycles. The summed E-state index contributed by atoms with van der Waals surface area (Å²) < 4.78 is 10.7. The van der Waals surface area contributed by atoms with Crippen molar-refractivity contribution >= 4 is 11.6 Å². The van der Waals surface area contributed by atoms with E-state index in [-0.39, 0.29) is 6.54 Å². The molecule has 0 amide bonds. The lowest BCUT2D eigenvalue weighted by molar-refractivity contribution is 0.300. The van der Waals surface area contributed by atoms with Gasteiger partial charge in [-0.25, -0.2) is 0 Å². The summed E-state index contributed by atoms with van der Waals surface area (Å²) in [6.07, 6.45) is 2.50. The number of ether oxygens (including phenoxy) is 1. The van der Waals surface area contributed by atoms with Crippen molar-refractivity contribution in [3.63, 3.8) is 0 Å². The van der Waals surface area contributed by atoms with Gasteiger partial charge in [0.15, 0.2) is 0 Å². The van der Waals surface area contributed by atoms with Crippen LogP contribution in [0.3, 0.4) is 0 Å². The van der Waals surface area contributed by atoms with Crippen LogP contribution in [0.15, 0.2) is 22.7 Å². The van der Waals surface area contributed by atoms with E-state index in [9.17, 15) is 0 Å². The minimum Gasteiger partial charge on any atom is -0.493 e. The van der Waals surface area contributed by atoms with Gasteiger partial charge in [-0.2, -0.15) is 4.98 Å². The molecule has 19 heavy (non-hydrogen) atoms. The summed E-state index contributed by atoms with van der Waals surface area (Å²) >= 11 is 6.08. The molecule has 100 valence electrons. The molecular formula is C13H14ClN3O2. The van der Waals surface area contributed by atoms with E-state index < -0.39 is 0 Å². The molecule has 0 radical (unpaired) electrons. The van der Waals surface area contributed by atoms with E-state index in [1.165, 1.54) is 12.8 Å². The van der Waals surface area contributed by atoms with Crippen molar-refractivity contribution in [3.8, 4) is 17.1 Å². The summed E-state index contributed by atoms with van der Waals surface area (Å²) in [5.41, 5.74) is 6.21. The zero-order valence-corrected chi connectivity index (χ0v) is 11.1. The highest BCUT2D eigenvalue weighted by Gasteiger charge is 2.22. The Morgan fingerprint density at radius 2 is 2.21 bits per heavy atom. The number of rotatable bonds is 5. The fraction of sp³-hybridized carbons (Fsp3) is 0.385. The van der Waals surface area contributed by atoms with E-state index in [1.54, 1.807) is 12.1 Å². The maximum Gasteiger partial charge on any atom is 0.240 e. The highest BCUT2D eigenvalue weighted by molar-refractivity contribution is 6.31. The molecule has 0 unspecified atom stereocenters. The number of halogens is 1. The first-order valence-corrected chi connectivity index (χ1v) is 6.59. The molecule has 3 rings (SSSR count). The van der Waals surface area contributed by atoms with Gasteiger partial charge in [0.1, 0.15) is 5.75 Å². The predicted octanol–water partition coefficient (Wildman–Crippen LogP) is 2.64. The van der Waals surface area contributed by atoms with Crippen LogP contribution in [0.4, 0.5) is 0 Å². The molecule has 5 nitrogen and oxygen atoms in total. The highest BCUT2D eigenvalue weighted by Crippen LogP contribution is 2.31. The summed E-state index contributed by atoms with van der Waals surface area (Å²) in [6, 6.07) is 5.42. The molecule has 0 spiro atoms. The topological polar surface area (TPSA) is 74.2 Å². The number of nitrogens with two attached hydrogens (primary N) is 1. The Morgan fingerprint density at radius 3 is 2.89 bits per heavy atom. The van der Waals surface area contributed by atoms with E-state index in [1.807, 2.05) is 6.07 Å². The molecule has 1 aliphatic rings. The Bertz CT molecular complexity index is 581. The van der Waals surface area contributed by atoms with E-state index in [0.29, 0.717) is 22.7 Å². The maximum absolute atomic E-state index is 6.08. The van der Waals surface area contributed by atoms with Gasteiger partial charge in [0.25, 0.3) is 0 Å². The number of benzene rings is 1. The number of hydrogen-bond donors (Lipinski definition) is 1. The van der Waals surface area contributed by atoms with Gasteiger partial charge >= 0.3 is 0 Å². The summed E-state index contributed by atoms with van der Waals surface area (Å²) in [6.45, 7) is 0.957. The normalized spacial score (nSPS) is 14.6. The molecule has 0 atom stereocenters. The van der Waals surface area contributed by atoms with Crippen LogP contribution in [0.1, 0.15) is 18.7 Å². The maximum atomic E-state index is 6.08. The van der Waals surface area contributed by atoms with Gasteiger partial charge < -0.3 is 15.0 Å². The van der Waals surface area contributed by atoms with Crippen LogP contribution in [-0.2, 0) is 6.54 Å². The lowest BCUT2D eigenvalue weighted by atomic mass is 10.2. The van der Waals surface area contributed by atoms with E-state index >= 15 is 0 Å². The lowest BCUT2D eigenvalue weighted by Crippen LogP contribution is -1.99. The van der Waals surface area contributed by atoms with Crippen molar-refractivity contribution in [2.75, 3.05) is 6.61 Å². The van der Waals surface area contributed by atoms with Gasteiger partial charge in [0.05, 0.1) is 13.2 Å². The molecule has 0 bridgehead atoms. The van der Waals surface area contributed by atoms with Gasteiger partial charge in [0.2, 0.25) is 11.7 Å². The Kier molecular flexibility index (Phi) is 3.40. The molecule has 6 heteroatoms. The second-order valence-corrected chi connectivity index (χ2v) is 5.08. The van der Waals surface area contributed by atoms with Crippen LogP contribution in [-0.4, -0.2) is 16.7 Å².